The number of nitrogens with zero attached hydrogens (tertiary/aromatic N) is 2. The molecule has 1 amide bonds. The number of para-hydroxylation sites is 1. The fraction of sp³-hybridized carbons (Fsp3) is 0.188. The summed E-state index contributed by atoms with van der Waals surface area (Å²) in [5, 5.41) is 19.9. The van der Waals surface area contributed by atoms with Gasteiger partial charge in [0.1, 0.15) is 28.7 Å². The quantitative estimate of drug-likeness (QED) is 0.217. The molecular formula is C32H32ClN5O4. The number of pyridine rings is 1. The van der Waals surface area contributed by atoms with Gasteiger partial charge in [0.2, 0.25) is 6.23 Å². The molecule has 3 N–H and O–H groups in total. The minimum Gasteiger partial charge on any atom is -0.627 e. The van der Waals surface area contributed by atoms with Crippen molar-refractivity contribution < 1.29 is 19.3 Å². The predicted octanol–water partition coefficient (Wildman–Crippen LogP) is 5.29. The summed E-state index contributed by atoms with van der Waals surface area (Å²) >= 11 is 6.57. The largest absolute Gasteiger partial charge is 0.627 e. The van der Waals surface area contributed by atoms with Crippen LogP contribution < -0.4 is 20.4 Å². The zero-order chi connectivity index (χ0) is 29.6. The molecule has 9 nitrogen and oxygen atoms in total. The molecule has 10 heteroatoms. The van der Waals surface area contributed by atoms with E-state index in [0.717, 1.165) is 12.1 Å². The Balaban J connectivity index is 1.34. The molecule has 0 aliphatic carbocycles. The number of hydroxylamine groups is 2. The highest BCUT2D eigenvalue weighted by atomic mass is 35.5. The second kappa shape index (κ2) is 13.2. The summed E-state index contributed by atoms with van der Waals surface area (Å²) in [5.41, 5.74) is 3.13. The normalized spacial score (nSPS) is 16.0. The van der Waals surface area contributed by atoms with Crippen molar-refractivity contribution in [2.75, 3.05) is 44.9 Å². The first-order valence-corrected chi connectivity index (χ1v) is 13.8. The maximum atomic E-state index is 13.6. The van der Waals surface area contributed by atoms with Crippen molar-refractivity contribution in [2.45, 2.75) is 6.23 Å². The molecule has 2 heterocycles. The van der Waals surface area contributed by atoms with Gasteiger partial charge in [0.15, 0.2) is 0 Å². The van der Waals surface area contributed by atoms with E-state index >= 15 is 0 Å². The van der Waals surface area contributed by atoms with Crippen LogP contribution in [0.2, 0.25) is 5.02 Å². The number of rotatable bonds is 10. The molecule has 2 unspecified atom stereocenters. The third-order valence-electron chi connectivity index (χ3n) is 6.72. The molecule has 0 saturated carbocycles. The van der Waals surface area contributed by atoms with Crippen molar-refractivity contribution in [1.29, 1.82) is 0 Å². The van der Waals surface area contributed by atoms with Crippen molar-refractivity contribution in [3.8, 4) is 11.5 Å². The number of fused-ring (bicyclic) bond motifs is 1. The van der Waals surface area contributed by atoms with Crippen LogP contribution in [0.5, 0.6) is 11.5 Å². The lowest BCUT2D eigenvalue weighted by Gasteiger charge is -2.35. The van der Waals surface area contributed by atoms with Crippen molar-refractivity contribution in [1.82, 2.24) is 9.88 Å². The smallest absolute Gasteiger partial charge is 0.255 e. The van der Waals surface area contributed by atoms with Gasteiger partial charge in [-0.3, -0.25) is 4.79 Å². The monoisotopic (exact) mass is 585 g/mol. The SMILES string of the molecule is COC1c2nc(NCCN(C)C)ccc2C=C(c2cc(NC(=O)c3ccc(Oc4ccccc4)cc3)ccc2Cl)[NH+]1[O-]. The van der Waals surface area contributed by atoms with Crippen LogP contribution in [-0.2, 0) is 4.74 Å². The van der Waals surface area contributed by atoms with E-state index in [1.54, 1.807) is 48.5 Å². The summed E-state index contributed by atoms with van der Waals surface area (Å²) in [6.45, 7) is 1.56. The molecule has 5 rings (SSSR count). The van der Waals surface area contributed by atoms with Crippen molar-refractivity contribution in [3.05, 3.63) is 118 Å². The Morgan fingerprint density at radius 3 is 2.48 bits per heavy atom. The van der Waals surface area contributed by atoms with E-state index in [0.29, 0.717) is 57.1 Å². The highest BCUT2D eigenvalue weighted by Crippen LogP contribution is 2.32. The Morgan fingerprint density at radius 2 is 1.76 bits per heavy atom. The van der Waals surface area contributed by atoms with E-state index in [4.69, 9.17) is 21.1 Å². The van der Waals surface area contributed by atoms with Gasteiger partial charge in [-0.15, -0.1) is 0 Å². The highest BCUT2D eigenvalue weighted by molar-refractivity contribution is 6.32. The van der Waals surface area contributed by atoms with Gasteiger partial charge in [0, 0.05) is 43.1 Å². The van der Waals surface area contributed by atoms with Crippen LogP contribution in [0.4, 0.5) is 11.5 Å². The van der Waals surface area contributed by atoms with Crippen LogP contribution in [0.25, 0.3) is 11.8 Å². The number of hydrogen-bond acceptors (Lipinski definition) is 7. The van der Waals surface area contributed by atoms with Crippen molar-refractivity contribution >= 4 is 40.8 Å². The number of quaternary nitrogens is 1. The number of anilines is 2. The maximum Gasteiger partial charge on any atom is 0.255 e. The Hall–Kier alpha value is -4.25. The van der Waals surface area contributed by atoms with E-state index in [9.17, 15) is 10.0 Å². The number of aromatic nitrogens is 1. The fourth-order valence-corrected chi connectivity index (χ4v) is 4.78. The van der Waals surface area contributed by atoms with Gasteiger partial charge in [-0.05, 0) is 80.8 Å². The summed E-state index contributed by atoms with van der Waals surface area (Å²) < 4.78 is 11.4. The molecule has 1 aliphatic heterocycles. The van der Waals surface area contributed by atoms with Crippen molar-refractivity contribution in [3.63, 3.8) is 0 Å². The third-order valence-corrected chi connectivity index (χ3v) is 7.05. The molecule has 0 spiro atoms. The molecule has 2 atom stereocenters. The molecule has 42 heavy (non-hydrogen) atoms. The van der Waals surface area contributed by atoms with Crippen LogP contribution >= 0.6 is 11.6 Å². The Kier molecular flexibility index (Phi) is 9.16. The number of ether oxygens (including phenoxy) is 2. The van der Waals surface area contributed by atoms with E-state index in [1.165, 1.54) is 7.11 Å². The summed E-state index contributed by atoms with van der Waals surface area (Å²) in [7, 11) is 5.48. The summed E-state index contributed by atoms with van der Waals surface area (Å²) in [6, 6.07) is 25.1. The van der Waals surface area contributed by atoms with Gasteiger partial charge in [-0.1, -0.05) is 29.8 Å². The number of amides is 1. The van der Waals surface area contributed by atoms with Crippen LogP contribution in [0.3, 0.4) is 0 Å². The van der Waals surface area contributed by atoms with Gasteiger partial charge in [-0.2, -0.15) is 0 Å². The lowest BCUT2D eigenvalue weighted by molar-refractivity contribution is -0.838. The standard InChI is InChI=1S/C32H32ClN5O4/c1-37(2)18-17-34-29-16-11-22-19-28(38(40)32(41-3)30(22)36-29)26-20-23(12-15-27(26)33)35-31(39)21-9-13-25(14-10-21)42-24-7-5-4-6-8-24/h4-16,19-20,32,38H,17-18H2,1-3H3,(H,34,36)(H,35,39). The second-order valence-corrected chi connectivity index (χ2v) is 10.4. The van der Waals surface area contributed by atoms with Gasteiger partial charge >= 0.3 is 0 Å². The zero-order valence-electron chi connectivity index (χ0n) is 23.6. The van der Waals surface area contributed by atoms with Crippen LogP contribution in [0.1, 0.15) is 33.4 Å². The maximum absolute atomic E-state index is 13.6. The summed E-state index contributed by atoms with van der Waals surface area (Å²) in [5.74, 6) is 1.69. The van der Waals surface area contributed by atoms with Gasteiger partial charge in [0.25, 0.3) is 5.91 Å². The topological polar surface area (TPSA) is 103 Å². The second-order valence-electron chi connectivity index (χ2n) is 10.0. The molecule has 0 fully saturated rings. The molecule has 1 aliphatic rings. The Morgan fingerprint density at radius 1 is 1.02 bits per heavy atom. The third kappa shape index (κ3) is 6.79. The molecule has 0 bridgehead atoms. The van der Waals surface area contributed by atoms with Gasteiger partial charge < -0.3 is 35.3 Å². The zero-order valence-corrected chi connectivity index (χ0v) is 24.3. The first kappa shape index (κ1) is 29.2. The van der Waals surface area contributed by atoms with E-state index in [1.807, 2.05) is 56.6 Å². The number of carbonyl (C=O) groups excluding carboxylic acids is 1. The number of hydrogen-bond donors (Lipinski definition) is 3. The first-order chi connectivity index (χ1) is 20.3. The van der Waals surface area contributed by atoms with E-state index < -0.39 is 6.23 Å². The number of methoxy groups -OCH3 is 1. The van der Waals surface area contributed by atoms with Crippen LogP contribution in [0.15, 0.2) is 84.9 Å². The molecule has 4 aromatic rings. The summed E-state index contributed by atoms with van der Waals surface area (Å²) in [6.07, 6.45) is 0.878. The van der Waals surface area contributed by atoms with Crippen LogP contribution in [-0.4, -0.2) is 50.1 Å². The average Bonchev–Trinajstić information content (AvgIpc) is 2.99. The number of halogens is 1. The Bertz CT molecular complexity index is 1580. The minimum atomic E-state index is -0.887. The lowest BCUT2D eigenvalue weighted by atomic mass is 10.0. The van der Waals surface area contributed by atoms with Crippen molar-refractivity contribution in [2.24, 2.45) is 0 Å². The number of likely N-dealkylation sites (N-methyl/N-ethyl adjacent to an activating group) is 1. The molecule has 1 aromatic heterocycles. The summed E-state index contributed by atoms with van der Waals surface area (Å²) in [4.78, 5) is 19.8. The van der Waals surface area contributed by atoms with E-state index in [2.05, 4.69) is 20.5 Å². The number of nitrogens with one attached hydrogen (secondary N) is 3. The Labute approximate surface area is 249 Å². The average molecular weight is 586 g/mol. The lowest BCUT2D eigenvalue weighted by Crippen LogP contribution is -3.05. The number of benzene rings is 3. The number of carbonyl (C=O) groups is 1. The molecule has 0 saturated heterocycles. The molecule has 216 valence electrons. The van der Waals surface area contributed by atoms with Gasteiger partial charge in [0.05, 0.1) is 10.6 Å². The molecule has 0 radical (unpaired) electrons. The first-order valence-electron chi connectivity index (χ1n) is 13.4. The van der Waals surface area contributed by atoms with E-state index in [-0.39, 0.29) is 11.0 Å². The molecule has 3 aromatic carbocycles. The minimum absolute atomic E-state index is 0.262. The fourth-order valence-electron chi connectivity index (χ4n) is 4.56. The predicted molar refractivity (Wildman–Crippen MR) is 166 cm³/mol. The van der Waals surface area contributed by atoms with Crippen LogP contribution in [0, 0.1) is 5.21 Å². The molecular weight excluding hydrogens is 554 g/mol. The van der Waals surface area contributed by atoms with Gasteiger partial charge in [-0.25, -0.2) is 4.98 Å². The highest BCUT2D eigenvalue weighted by Gasteiger charge is 2.32.